The summed E-state index contributed by atoms with van der Waals surface area (Å²) in [5.41, 5.74) is 1.46. The first-order valence-electron chi connectivity index (χ1n) is 7.87. The highest BCUT2D eigenvalue weighted by Crippen LogP contribution is 2.14. The summed E-state index contributed by atoms with van der Waals surface area (Å²) in [7, 11) is -2.03. The maximum absolute atomic E-state index is 12.9. The highest BCUT2D eigenvalue weighted by molar-refractivity contribution is 7.88. The van der Waals surface area contributed by atoms with Crippen LogP contribution in [0, 0.1) is 5.82 Å². The standard InChI is InChI=1S/C18H21FN2O4S/c1-25-17-9-5-15(6-10-17)12-21(26(2,23)24)13-18(22)20-11-14-3-7-16(19)8-4-14/h3-10H,11-13H2,1-2H3,(H,20,22). The van der Waals surface area contributed by atoms with Crippen LogP contribution in [-0.4, -0.2) is 38.5 Å². The number of sulfonamides is 1. The summed E-state index contributed by atoms with van der Waals surface area (Å²) in [6.07, 6.45) is 1.06. The molecule has 2 rings (SSSR count). The van der Waals surface area contributed by atoms with Crippen molar-refractivity contribution < 1.29 is 22.3 Å². The van der Waals surface area contributed by atoms with Gasteiger partial charge in [0.2, 0.25) is 15.9 Å². The van der Waals surface area contributed by atoms with Gasteiger partial charge in [-0.2, -0.15) is 4.31 Å². The fourth-order valence-electron chi connectivity index (χ4n) is 2.24. The number of hydrogen-bond donors (Lipinski definition) is 1. The third-order valence-electron chi connectivity index (χ3n) is 3.71. The lowest BCUT2D eigenvalue weighted by atomic mass is 10.2. The van der Waals surface area contributed by atoms with Crippen LogP contribution in [0.2, 0.25) is 0 Å². The average molecular weight is 380 g/mol. The van der Waals surface area contributed by atoms with Crippen molar-refractivity contribution in [3.8, 4) is 5.75 Å². The van der Waals surface area contributed by atoms with Gasteiger partial charge in [-0.1, -0.05) is 24.3 Å². The van der Waals surface area contributed by atoms with Gasteiger partial charge in [-0.3, -0.25) is 4.79 Å². The maximum atomic E-state index is 12.9. The summed E-state index contributed by atoms with van der Waals surface area (Å²) >= 11 is 0. The molecule has 0 bridgehead atoms. The molecule has 2 aromatic carbocycles. The maximum Gasteiger partial charge on any atom is 0.235 e. The number of nitrogens with one attached hydrogen (secondary N) is 1. The fraction of sp³-hybridized carbons (Fsp3) is 0.278. The predicted molar refractivity (Wildman–Crippen MR) is 96.5 cm³/mol. The highest BCUT2D eigenvalue weighted by Gasteiger charge is 2.20. The lowest BCUT2D eigenvalue weighted by Gasteiger charge is -2.19. The van der Waals surface area contributed by atoms with Gasteiger partial charge in [0.1, 0.15) is 11.6 Å². The van der Waals surface area contributed by atoms with Crippen molar-refractivity contribution in [1.29, 1.82) is 0 Å². The molecule has 2 aromatic rings. The molecule has 1 N–H and O–H groups in total. The second-order valence-electron chi connectivity index (χ2n) is 5.78. The van der Waals surface area contributed by atoms with E-state index in [2.05, 4.69) is 5.32 Å². The number of benzene rings is 2. The van der Waals surface area contributed by atoms with Crippen LogP contribution in [0.15, 0.2) is 48.5 Å². The summed E-state index contributed by atoms with van der Waals surface area (Å²) in [6, 6.07) is 12.7. The van der Waals surface area contributed by atoms with Gasteiger partial charge in [0.15, 0.2) is 0 Å². The number of amides is 1. The van der Waals surface area contributed by atoms with Gasteiger partial charge in [0.25, 0.3) is 0 Å². The van der Waals surface area contributed by atoms with Crippen LogP contribution in [0.4, 0.5) is 4.39 Å². The van der Waals surface area contributed by atoms with Crippen LogP contribution < -0.4 is 10.1 Å². The Hall–Kier alpha value is -2.45. The van der Waals surface area contributed by atoms with E-state index in [0.29, 0.717) is 5.75 Å². The van der Waals surface area contributed by atoms with Gasteiger partial charge < -0.3 is 10.1 Å². The van der Waals surface area contributed by atoms with Crippen molar-refractivity contribution in [2.75, 3.05) is 19.9 Å². The minimum absolute atomic E-state index is 0.0762. The molecule has 0 atom stereocenters. The normalized spacial score (nSPS) is 11.4. The zero-order valence-electron chi connectivity index (χ0n) is 14.6. The Bertz CT molecular complexity index is 836. The number of rotatable bonds is 8. The number of carbonyl (C=O) groups is 1. The second-order valence-corrected chi connectivity index (χ2v) is 7.76. The van der Waals surface area contributed by atoms with Gasteiger partial charge in [-0.05, 0) is 35.4 Å². The van der Waals surface area contributed by atoms with Gasteiger partial charge in [0.05, 0.1) is 19.9 Å². The van der Waals surface area contributed by atoms with Gasteiger partial charge in [0, 0.05) is 13.1 Å². The van der Waals surface area contributed by atoms with Crippen LogP contribution in [0.3, 0.4) is 0 Å². The fourth-order valence-corrected chi connectivity index (χ4v) is 2.98. The highest BCUT2D eigenvalue weighted by atomic mass is 32.2. The van der Waals surface area contributed by atoms with E-state index in [1.54, 1.807) is 43.5 Å². The van der Waals surface area contributed by atoms with Gasteiger partial charge in [-0.15, -0.1) is 0 Å². The van der Waals surface area contributed by atoms with Gasteiger partial charge >= 0.3 is 0 Å². The molecule has 0 spiro atoms. The summed E-state index contributed by atoms with van der Waals surface area (Å²) in [6.45, 7) is -0.0297. The number of halogens is 1. The molecule has 8 heteroatoms. The molecular weight excluding hydrogens is 359 g/mol. The van der Waals surface area contributed by atoms with Crippen LogP contribution in [0.5, 0.6) is 5.75 Å². The smallest absolute Gasteiger partial charge is 0.235 e. The zero-order chi connectivity index (χ0) is 19.2. The van der Waals surface area contributed by atoms with Crippen molar-refractivity contribution in [3.63, 3.8) is 0 Å². The third-order valence-corrected chi connectivity index (χ3v) is 4.91. The molecule has 0 radical (unpaired) electrons. The second kappa shape index (κ2) is 8.77. The predicted octanol–water partition coefficient (Wildman–Crippen LogP) is 1.91. The summed E-state index contributed by atoms with van der Waals surface area (Å²) in [5, 5.41) is 2.64. The van der Waals surface area contributed by atoms with E-state index in [1.165, 1.54) is 12.1 Å². The first kappa shape index (κ1) is 19.9. The number of carbonyl (C=O) groups excluding carboxylic acids is 1. The molecule has 1 amide bonds. The molecule has 0 aliphatic rings. The molecular formula is C18H21FN2O4S. The van der Waals surface area contributed by atoms with E-state index >= 15 is 0 Å². The third kappa shape index (κ3) is 6.12. The van der Waals surface area contributed by atoms with E-state index in [-0.39, 0.29) is 25.5 Å². The number of methoxy groups -OCH3 is 1. The van der Waals surface area contributed by atoms with E-state index in [1.807, 2.05) is 0 Å². The SMILES string of the molecule is COc1ccc(CN(CC(=O)NCc2ccc(F)cc2)S(C)(=O)=O)cc1. The largest absolute Gasteiger partial charge is 0.497 e. The topological polar surface area (TPSA) is 75.7 Å². The monoisotopic (exact) mass is 380 g/mol. The summed E-state index contributed by atoms with van der Waals surface area (Å²) < 4.78 is 43.0. The molecule has 0 aliphatic carbocycles. The van der Waals surface area contributed by atoms with Crippen LogP contribution in [0.1, 0.15) is 11.1 Å². The lowest BCUT2D eigenvalue weighted by molar-refractivity contribution is -0.121. The molecule has 6 nitrogen and oxygen atoms in total. The number of nitrogens with zero attached hydrogens (tertiary/aromatic N) is 1. The van der Waals surface area contributed by atoms with E-state index in [4.69, 9.17) is 4.74 Å². The van der Waals surface area contributed by atoms with E-state index in [9.17, 15) is 17.6 Å². The Morgan fingerprint density at radius 3 is 2.19 bits per heavy atom. The molecule has 0 unspecified atom stereocenters. The van der Waals surface area contributed by atoms with Crippen molar-refractivity contribution in [2.45, 2.75) is 13.1 Å². The Kier molecular flexibility index (Phi) is 6.70. The quantitative estimate of drug-likeness (QED) is 0.759. The first-order chi connectivity index (χ1) is 12.3. The molecule has 26 heavy (non-hydrogen) atoms. The van der Waals surface area contributed by atoms with Crippen LogP contribution in [0.25, 0.3) is 0 Å². The number of hydrogen-bond acceptors (Lipinski definition) is 4. The van der Waals surface area contributed by atoms with E-state index < -0.39 is 15.9 Å². The summed E-state index contributed by atoms with van der Waals surface area (Å²) in [4.78, 5) is 12.1. The molecule has 140 valence electrons. The Labute approximate surface area is 152 Å². The van der Waals surface area contributed by atoms with Crippen molar-refractivity contribution in [3.05, 3.63) is 65.5 Å². The Morgan fingerprint density at radius 2 is 1.65 bits per heavy atom. The Morgan fingerprint density at radius 1 is 1.08 bits per heavy atom. The average Bonchev–Trinajstić information content (AvgIpc) is 2.60. The lowest BCUT2D eigenvalue weighted by Crippen LogP contribution is -2.39. The molecule has 0 saturated heterocycles. The molecule has 0 heterocycles. The summed E-state index contributed by atoms with van der Waals surface area (Å²) in [5.74, 6) is -0.132. The van der Waals surface area contributed by atoms with Crippen LogP contribution >= 0.6 is 0 Å². The van der Waals surface area contributed by atoms with Crippen LogP contribution in [-0.2, 0) is 27.9 Å². The first-order valence-corrected chi connectivity index (χ1v) is 9.72. The molecule has 0 aliphatic heterocycles. The molecule has 0 saturated carbocycles. The minimum Gasteiger partial charge on any atom is -0.497 e. The van der Waals surface area contributed by atoms with Crippen molar-refractivity contribution in [1.82, 2.24) is 9.62 Å². The van der Waals surface area contributed by atoms with Gasteiger partial charge in [-0.25, -0.2) is 12.8 Å². The molecule has 0 fully saturated rings. The van der Waals surface area contributed by atoms with Crippen molar-refractivity contribution in [2.24, 2.45) is 0 Å². The Balaban J connectivity index is 1.98. The van der Waals surface area contributed by atoms with Crippen molar-refractivity contribution >= 4 is 15.9 Å². The molecule has 0 aromatic heterocycles. The number of ether oxygens (including phenoxy) is 1. The zero-order valence-corrected chi connectivity index (χ0v) is 15.4. The minimum atomic E-state index is -3.57. The van der Waals surface area contributed by atoms with E-state index in [0.717, 1.165) is 21.7 Å².